The maximum Gasteiger partial charge on any atom is 0.289 e. The summed E-state index contributed by atoms with van der Waals surface area (Å²) in [5.41, 5.74) is 5.54. The number of nitrogens with zero attached hydrogens (tertiary/aromatic N) is 5. The molecule has 0 unspecified atom stereocenters. The zero-order valence-corrected chi connectivity index (χ0v) is 23.6. The van der Waals surface area contributed by atoms with Gasteiger partial charge in [0.1, 0.15) is 0 Å². The lowest BCUT2D eigenvalue weighted by molar-refractivity contribution is 0.0618. The number of halogens is 1. The number of carbonyl (C=O) groups is 1. The predicted octanol–water partition coefficient (Wildman–Crippen LogP) is 4.96. The van der Waals surface area contributed by atoms with Crippen molar-refractivity contribution in [3.8, 4) is 5.88 Å². The number of carbonyl (C=O) groups excluding carboxylic acids is 1. The lowest BCUT2D eigenvalue weighted by atomic mass is 9.89. The minimum atomic E-state index is -0.0229. The summed E-state index contributed by atoms with van der Waals surface area (Å²) in [6.45, 7) is 6.93. The number of hydrogen-bond donors (Lipinski definition) is 1. The molecule has 6 rings (SSSR count). The van der Waals surface area contributed by atoms with Crippen LogP contribution in [0.4, 0.5) is 0 Å². The zero-order valence-electron chi connectivity index (χ0n) is 22.9. The van der Waals surface area contributed by atoms with Crippen molar-refractivity contribution in [3.05, 3.63) is 88.3 Å². The third kappa shape index (κ3) is 6.14. The summed E-state index contributed by atoms with van der Waals surface area (Å²) in [7, 11) is 1.64. The SMILES string of the molecule is COc1ccc(CN2CCC(c3ccc4nc(C(=O)N5CCN(Cc6ccc(Cl)cc6)CC5)[nH]c4c3)CC2)cn1. The number of H-pyrrole nitrogens is 1. The van der Waals surface area contributed by atoms with Crippen LogP contribution in [0.15, 0.2) is 60.8 Å². The number of methoxy groups -OCH3 is 1. The largest absolute Gasteiger partial charge is 0.481 e. The molecule has 0 atom stereocenters. The van der Waals surface area contributed by atoms with E-state index in [2.05, 4.69) is 61.1 Å². The van der Waals surface area contributed by atoms with Gasteiger partial charge in [-0.2, -0.15) is 0 Å². The Bertz CT molecular complexity index is 1440. The highest BCUT2D eigenvalue weighted by Gasteiger charge is 2.25. The molecule has 2 saturated heterocycles. The van der Waals surface area contributed by atoms with E-state index >= 15 is 0 Å². The Morgan fingerprint density at radius 1 is 0.925 bits per heavy atom. The number of piperazine rings is 1. The van der Waals surface area contributed by atoms with E-state index in [1.165, 1.54) is 16.7 Å². The van der Waals surface area contributed by atoms with Gasteiger partial charge < -0.3 is 14.6 Å². The molecule has 0 saturated carbocycles. The average Bonchev–Trinajstić information content (AvgIpc) is 3.43. The van der Waals surface area contributed by atoms with Crippen LogP contribution in [0.5, 0.6) is 5.88 Å². The van der Waals surface area contributed by atoms with Gasteiger partial charge in [-0.1, -0.05) is 35.9 Å². The second-order valence-electron chi connectivity index (χ2n) is 10.8. The van der Waals surface area contributed by atoms with E-state index in [4.69, 9.17) is 16.3 Å². The molecule has 9 heteroatoms. The highest BCUT2D eigenvalue weighted by atomic mass is 35.5. The number of rotatable bonds is 7. The fourth-order valence-corrected chi connectivity index (χ4v) is 5.92. The number of nitrogens with one attached hydrogen (secondary N) is 1. The van der Waals surface area contributed by atoms with Crippen molar-refractivity contribution >= 4 is 28.5 Å². The summed E-state index contributed by atoms with van der Waals surface area (Å²) in [5, 5.41) is 0.751. The maximum atomic E-state index is 13.3. The second-order valence-corrected chi connectivity index (χ2v) is 11.3. The van der Waals surface area contributed by atoms with Gasteiger partial charge in [-0.3, -0.25) is 14.6 Å². The van der Waals surface area contributed by atoms with E-state index in [0.717, 1.165) is 68.2 Å². The molecule has 8 nitrogen and oxygen atoms in total. The first-order chi connectivity index (χ1) is 19.5. The summed E-state index contributed by atoms with van der Waals surface area (Å²) in [5.74, 6) is 1.56. The van der Waals surface area contributed by atoms with Gasteiger partial charge in [0.15, 0.2) is 5.82 Å². The summed E-state index contributed by atoms with van der Waals surface area (Å²) in [6.07, 6.45) is 4.11. The van der Waals surface area contributed by atoms with Crippen molar-refractivity contribution in [2.75, 3.05) is 46.4 Å². The zero-order chi connectivity index (χ0) is 27.5. The Morgan fingerprint density at radius 3 is 2.33 bits per heavy atom. The molecule has 4 heterocycles. The van der Waals surface area contributed by atoms with E-state index in [0.29, 0.717) is 30.7 Å². The van der Waals surface area contributed by atoms with Crippen LogP contribution in [0, 0.1) is 0 Å². The number of fused-ring (bicyclic) bond motifs is 1. The summed E-state index contributed by atoms with van der Waals surface area (Å²) in [6, 6.07) is 18.4. The molecule has 0 radical (unpaired) electrons. The van der Waals surface area contributed by atoms with Crippen molar-refractivity contribution in [3.63, 3.8) is 0 Å². The Kier molecular flexibility index (Phi) is 8.00. The number of aromatic amines is 1. The third-order valence-corrected chi connectivity index (χ3v) is 8.41. The monoisotopic (exact) mass is 558 g/mol. The number of aromatic nitrogens is 3. The average molecular weight is 559 g/mol. The first kappa shape index (κ1) is 26.7. The molecular formula is C31H35ClN6O2. The van der Waals surface area contributed by atoms with Crippen LogP contribution in [-0.2, 0) is 13.1 Å². The number of benzene rings is 2. The van der Waals surface area contributed by atoms with E-state index < -0.39 is 0 Å². The molecule has 1 N–H and O–H groups in total. The van der Waals surface area contributed by atoms with Gasteiger partial charge >= 0.3 is 0 Å². The van der Waals surface area contributed by atoms with Crippen LogP contribution in [-0.4, -0.2) is 81.9 Å². The molecule has 1 amide bonds. The van der Waals surface area contributed by atoms with Crippen LogP contribution in [0.2, 0.25) is 5.02 Å². The fourth-order valence-electron chi connectivity index (χ4n) is 5.80. The highest BCUT2D eigenvalue weighted by Crippen LogP contribution is 2.30. The standard InChI is InChI=1S/C31H35ClN6O2/c1-40-29-9-4-23(19-33-29)21-36-12-10-24(11-13-36)25-5-8-27-28(18-25)35-30(34-27)31(39)38-16-14-37(15-17-38)20-22-2-6-26(32)7-3-22/h2-9,18-19,24H,10-17,20-21H2,1H3,(H,34,35). The Balaban J connectivity index is 1.03. The molecule has 2 aromatic heterocycles. The highest BCUT2D eigenvalue weighted by molar-refractivity contribution is 6.30. The van der Waals surface area contributed by atoms with Gasteiger partial charge in [0.2, 0.25) is 5.88 Å². The van der Waals surface area contributed by atoms with Crippen LogP contribution < -0.4 is 4.74 Å². The first-order valence-electron chi connectivity index (χ1n) is 14.0. The number of amides is 1. The Hall–Kier alpha value is -3.46. The maximum absolute atomic E-state index is 13.3. The summed E-state index contributed by atoms with van der Waals surface area (Å²) in [4.78, 5) is 32.3. The minimum Gasteiger partial charge on any atom is -0.481 e. The van der Waals surface area contributed by atoms with Gasteiger partial charge in [-0.25, -0.2) is 9.97 Å². The van der Waals surface area contributed by atoms with Gasteiger partial charge in [0.25, 0.3) is 5.91 Å². The van der Waals surface area contributed by atoms with Crippen LogP contribution >= 0.6 is 11.6 Å². The quantitative estimate of drug-likeness (QED) is 0.345. The number of piperidine rings is 1. The molecule has 208 valence electrons. The van der Waals surface area contributed by atoms with Gasteiger partial charge in [0, 0.05) is 56.6 Å². The first-order valence-corrected chi connectivity index (χ1v) is 14.4. The van der Waals surface area contributed by atoms with Gasteiger partial charge in [0.05, 0.1) is 18.1 Å². The minimum absolute atomic E-state index is 0.0229. The van der Waals surface area contributed by atoms with E-state index in [1.54, 1.807) is 7.11 Å². The van der Waals surface area contributed by atoms with E-state index in [1.807, 2.05) is 29.3 Å². The molecule has 0 bridgehead atoms. The number of ether oxygens (including phenoxy) is 1. The van der Waals surface area contributed by atoms with Crippen LogP contribution in [0.25, 0.3) is 11.0 Å². The summed E-state index contributed by atoms with van der Waals surface area (Å²) >= 11 is 6.01. The lowest BCUT2D eigenvalue weighted by Gasteiger charge is -2.34. The molecule has 2 aromatic carbocycles. The molecule has 40 heavy (non-hydrogen) atoms. The lowest BCUT2D eigenvalue weighted by Crippen LogP contribution is -2.48. The Morgan fingerprint density at radius 2 is 1.62 bits per heavy atom. The number of pyridine rings is 1. The second kappa shape index (κ2) is 12.0. The van der Waals surface area contributed by atoms with Crippen molar-refractivity contribution in [1.29, 1.82) is 0 Å². The number of imidazole rings is 1. The van der Waals surface area contributed by atoms with Gasteiger partial charge in [-0.15, -0.1) is 0 Å². The molecule has 4 aromatic rings. The number of hydrogen-bond acceptors (Lipinski definition) is 6. The van der Waals surface area contributed by atoms with Crippen molar-refractivity contribution in [2.45, 2.75) is 31.8 Å². The fraction of sp³-hybridized carbons (Fsp3) is 0.387. The summed E-state index contributed by atoms with van der Waals surface area (Å²) < 4.78 is 5.17. The van der Waals surface area contributed by atoms with Crippen molar-refractivity contribution in [1.82, 2.24) is 29.7 Å². The van der Waals surface area contributed by atoms with Crippen LogP contribution in [0.3, 0.4) is 0 Å². The number of likely N-dealkylation sites (tertiary alicyclic amines) is 1. The molecule has 0 spiro atoms. The normalized spacial score (nSPS) is 17.4. The van der Waals surface area contributed by atoms with Gasteiger partial charge in [-0.05, 0) is 72.8 Å². The molecule has 2 aliphatic rings. The van der Waals surface area contributed by atoms with Crippen molar-refractivity contribution in [2.24, 2.45) is 0 Å². The topological polar surface area (TPSA) is 77.6 Å². The van der Waals surface area contributed by atoms with Crippen LogP contribution in [0.1, 0.15) is 46.1 Å². The third-order valence-electron chi connectivity index (χ3n) is 8.16. The molecular weight excluding hydrogens is 524 g/mol. The van der Waals surface area contributed by atoms with E-state index in [-0.39, 0.29) is 5.91 Å². The molecule has 2 aliphatic heterocycles. The molecule has 2 fully saturated rings. The van der Waals surface area contributed by atoms with Crippen molar-refractivity contribution < 1.29 is 9.53 Å². The van der Waals surface area contributed by atoms with E-state index in [9.17, 15) is 4.79 Å². The predicted molar refractivity (Wildman–Crippen MR) is 157 cm³/mol. The Labute approximate surface area is 239 Å². The molecule has 0 aliphatic carbocycles. The smallest absolute Gasteiger partial charge is 0.289 e.